The molecule has 1 aromatic carbocycles. The molecule has 9 nitrogen and oxygen atoms in total. The molecule has 1 unspecified atom stereocenters. The zero-order valence-electron chi connectivity index (χ0n) is 16.7. The number of rotatable bonds is 9. The number of nitrogens with one attached hydrogen (secondary N) is 2. The summed E-state index contributed by atoms with van der Waals surface area (Å²) in [5.74, 6) is 0.249. The summed E-state index contributed by atoms with van der Waals surface area (Å²) in [5.41, 5.74) is 13.7. The molecule has 1 aromatic heterocycles. The zero-order valence-corrected chi connectivity index (χ0v) is 17.4. The Hall–Kier alpha value is -2.62. The second kappa shape index (κ2) is 10.4. The first-order valence-corrected chi connectivity index (χ1v) is 10.3. The van der Waals surface area contributed by atoms with Crippen LogP contribution in [0.25, 0.3) is 0 Å². The average molecular weight is 435 g/mol. The molecule has 10 heteroatoms. The van der Waals surface area contributed by atoms with Crippen molar-refractivity contribution < 1.29 is 14.6 Å². The van der Waals surface area contributed by atoms with E-state index in [2.05, 4.69) is 26.7 Å². The molecule has 1 aliphatic carbocycles. The van der Waals surface area contributed by atoms with Crippen LogP contribution in [0.3, 0.4) is 0 Å². The third-order valence-corrected chi connectivity index (χ3v) is 5.15. The van der Waals surface area contributed by atoms with Crippen LogP contribution in [-0.2, 0) is 12.8 Å². The van der Waals surface area contributed by atoms with Gasteiger partial charge < -0.3 is 31.9 Å². The van der Waals surface area contributed by atoms with Crippen molar-refractivity contribution in [1.29, 1.82) is 0 Å². The van der Waals surface area contributed by atoms with Crippen molar-refractivity contribution in [3.05, 3.63) is 40.2 Å². The Morgan fingerprint density at radius 2 is 2.00 bits per heavy atom. The molecule has 2 aromatic rings. The second-order valence-corrected chi connectivity index (χ2v) is 7.52. The van der Waals surface area contributed by atoms with E-state index in [4.69, 9.17) is 27.8 Å². The molecule has 1 aliphatic rings. The minimum absolute atomic E-state index is 0.0281. The third kappa shape index (κ3) is 5.71. The first-order chi connectivity index (χ1) is 14.5. The minimum atomic E-state index is -0.669. The molecule has 0 bridgehead atoms. The van der Waals surface area contributed by atoms with Crippen LogP contribution in [0, 0.1) is 0 Å². The number of aryl methyl sites for hydroxylation is 1. The monoisotopic (exact) mass is 434 g/mol. The van der Waals surface area contributed by atoms with E-state index in [1.54, 1.807) is 0 Å². The highest BCUT2D eigenvalue weighted by molar-refractivity contribution is 6.31. The SMILES string of the molecule is Nc1nc(N)c(C(=O)NCCNCC(O)COc2cccc3c2CCCC3)nc1Cl. The van der Waals surface area contributed by atoms with Crippen LogP contribution in [0.5, 0.6) is 5.75 Å². The Balaban J connectivity index is 1.36. The standard InChI is InChI=1S/C20H27ClN6O3/c21-17-19(23)27-18(22)16(26-17)20(29)25-9-8-24-10-13(28)11-30-15-7-3-5-12-4-1-2-6-14(12)15/h3,5,7,13,24,28H,1-2,4,6,8-11H2,(H,25,29)(H4,22,23,27). The quantitative estimate of drug-likeness (QED) is 0.366. The smallest absolute Gasteiger partial charge is 0.273 e. The number of aliphatic hydroxyl groups is 1. The lowest BCUT2D eigenvalue weighted by molar-refractivity contribution is 0.0946. The van der Waals surface area contributed by atoms with Gasteiger partial charge in [-0.15, -0.1) is 0 Å². The predicted molar refractivity (Wildman–Crippen MR) is 116 cm³/mol. The highest BCUT2D eigenvalue weighted by Gasteiger charge is 2.16. The summed E-state index contributed by atoms with van der Waals surface area (Å²) in [4.78, 5) is 19.7. The summed E-state index contributed by atoms with van der Waals surface area (Å²) in [6, 6.07) is 6.10. The van der Waals surface area contributed by atoms with Gasteiger partial charge >= 0.3 is 0 Å². The Labute approximate surface area is 180 Å². The summed E-state index contributed by atoms with van der Waals surface area (Å²) < 4.78 is 5.84. The lowest BCUT2D eigenvalue weighted by Gasteiger charge is -2.20. The number of halogens is 1. The maximum atomic E-state index is 12.1. The first kappa shape index (κ1) is 22.1. The fourth-order valence-electron chi connectivity index (χ4n) is 3.35. The summed E-state index contributed by atoms with van der Waals surface area (Å²) in [6.45, 7) is 1.29. The lowest BCUT2D eigenvalue weighted by atomic mass is 9.91. The molecule has 30 heavy (non-hydrogen) atoms. The maximum Gasteiger partial charge on any atom is 0.273 e. The van der Waals surface area contributed by atoms with Crippen LogP contribution in [-0.4, -0.2) is 53.3 Å². The number of nitrogen functional groups attached to an aromatic ring is 2. The lowest BCUT2D eigenvalue weighted by Crippen LogP contribution is -2.37. The summed E-state index contributed by atoms with van der Waals surface area (Å²) in [7, 11) is 0. The molecule has 0 aliphatic heterocycles. The molecule has 1 atom stereocenters. The summed E-state index contributed by atoms with van der Waals surface area (Å²) in [5, 5.41) is 15.8. The van der Waals surface area contributed by atoms with Gasteiger partial charge in [-0.2, -0.15) is 0 Å². The number of anilines is 2. The van der Waals surface area contributed by atoms with Crippen LogP contribution < -0.4 is 26.8 Å². The van der Waals surface area contributed by atoms with Crippen LogP contribution in [0.2, 0.25) is 5.15 Å². The van der Waals surface area contributed by atoms with Crippen LogP contribution in [0.4, 0.5) is 11.6 Å². The van der Waals surface area contributed by atoms with Gasteiger partial charge in [0.25, 0.3) is 5.91 Å². The molecule has 0 spiro atoms. The molecule has 0 saturated heterocycles. The highest BCUT2D eigenvalue weighted by Crippen LogP contribution is 2.29. The van der Waals surface area contributed by atoms with E-state index in [9.17, 15) is 9.90 Å². The third-order valence-electron chi connectivity index (χ3n) is 4.87. The number of carbonyl (C=O) groups excluding carboxylic acids is 1. The summed E-state index contributed by atoms with van der Waals surface area (Å²) >= 11 is 5.78. The first-order valence-electron chi connectivity index (χ1n) is 9.94. The molecule has 0 radical (unpaired) electrons. The number of hydrogen-bond donors (Lipinski definition) is 5. The van der Waals surface area contributed by atoms with E-state index < -0.39 is 12.0 Å². The van der Waals surface area contributed by atoms with Gasteiger partial charge in [0.2, 0.25) is 0 Å². The molecule has 162 valence electrons. The van der Waals surface area contributed by atoms with Crippen molar-refractivity contribution in [1.82, 2.24) is 20.6 Å². The van der Waals surface area contributed by atoms with Crippen molar-refractivity contribution in [2.75, 3.05) is 37.7 Å². The number of carbonyl (C=O) groups is 1. The molecule has 0 fully saturated rings. The van der Waals surface area contributed by atoms with Crippen molar-refractivity contribution in [2.24, 2.45) is 0 Å². The Morgan fingerprint density at radius 3 is 2.83 bits per heavy atom. The van der Waals surface area contributed by atoms with Crippen LogP contribution in [0.15, 0.2) is 18.2 Å². The molecule has 1 amide bonds. The molecule has 0 saturated carbocycles. The van der Waals surface area contributed by atoms with Crippen molar-refractivity contribution >= 4 is 29.1 Å². The van der Waals surface area contributed by atoms with Gasteiger partial charge in [-0.05, 0) is 42.9 Å². The predicted octanol–water partition coefficient (Wildman–Crippen LogP) is 0.932. The topological polar surface area (TPSA) is 148 Å². The Bertz CT molecular complexity index is 895. The number of aromatic nitrogens is 2. The number of benzene rings is 1. The number of hydrogen-bond acceptors (Lipinski definition) is 8. The van der Waals surface area contributed by atoms with Gasteiger partial charge in [0, 0.05) is 19.6 Å². The van der Waals surface area contributed by atoms with E-state index in [0.717, 1.165) is 18.6 Å². The fourth-order valence-corrected chi connectivity index (χ4v) is 3.48. The number of aliphatic hydroxyl groups excluding tert-OH is 1. The number of nitrogens with zero attached hydrogens (tertiary/aromatic N) is 2. The number of ether oxygens (including phenoxy) is 1. The van der Waals surface area contributed by atoms with Gasteiger partial charge in [-0.3, -0.25) is 4.79 Å². The van der Waals surface area contributed by atoms with E-state index in [1.165, 1.54) is 24.0 Å². The largest absolute Gasteiger partial charge is 0.491 e. The molecular weight excluding hydrogens is 408 g/mol. The number of amides is 1. The second-order valence-electron chi connectivity index (χ2n) is 7.16. The van der Waals surface area contributed by atoms with Crippen LogP contribution in [0.1, 0.15) is 34.5 Å². The molecule has 3 rings (SSSR count). The van der Waals surface area contributed by atoms with Gasteiger partial charge in [0.1, 0.15) is 18.5 Å². The molecule has 1 heterocycles. The van der Waals surface area contributed by atoms with Crippen molar-refractivity contribution in [3.8, 4) is 5.75 Å². The Kier molecular flexibility index (Phi) is 7.67. The average Bonchev–Trinajstić information content (AvgIpc) is 2.74. The normalized spacial score (nSPS) is 14.1. The van der Waals surface area contributed by atoms with Gasteiger partial charge in [-0.25, -0.2) is 9.97 Å². The molecule has 7 N–H and O–H groups in total. The van der Waals surface area contributed by atoms with E-state index in [1.807, 2.05) is 12.1 Å². The van der Waals surface area contributed by atoms with Crippen LogP contribution >= 0.6 is 11.6 Å². The zero-order chi connectivity index (χ0) is 21.5. The summed E-state index contributed by atoms with van der Waals surface area (Å²) in [6.07, 6.45) is 3.82. The number of fused-ring (bicyclic) bond motifs is 1. The van der Waals surface area contributed by atoms with Gasteiger partial charge in [0.05, 0.1) is 0 Å². The van der Waals surface area contributed by atoms with Crippen molar-refractivity contribution in [2.45, 2.75) is 31.8 Å². The maximum absolute atomic E-state index is 12.1. The van der Waals surface area contributed by atoms with E-state index in [-0.39, 0.29) is 29.1 Å². The minimum Gasteiger partial charge on any atom is -0.491 e. The highest BCUT2D eigenvalue weighted by atomic mass is 35.5. The fraction of sp³-hybridized carbons (Fsp3) is 0.450. The van der Waals surface area contributed by atoms with Crippen molar-refractivity contribution in [3.63, 3.8) is 0 Å². The van der Waals surface area contributed by atoms with E-state index in [0.29, 0.717) is 19.6 Å². The number of nitrogens with two attached hydrogens (primary N) is 2. The van der Waals surface area contributed by atoms with E-state index >= 15 is 0 Å². The van der Waals surface area contributed by atoms with Gasteiger partial charge in [-0.1, -0.05) is 23.7 Å². The Morgan fingerprint density at radius 1 is 1.20 bits per heavy atom. The molecular formula is C20H27ClN6O3. The van der Waals surface area contributed by atoms with Gasteiger partial charge in [0.15, 0.2) is 22.5 Å².